The minimum absolute atomic E-state index is 0.0987. The van der Waals surface area contributed by atoms with Crippen LogP contribution >= 0.6 is 11.8 Å². The number of hydrogen-bond donors (Lipinski definition) is 1. The highest BCUT2D eigenvalue weighted by atomic mass is 32.2. The van der Waals surface area contributed by atoms with Gasteiger partial charge in [0.2, 0.25) is 5.91 Å². The molecule has 1 aromatic heterocycles. The number of amides is 1. The van der Waals surface area contributed by atoms with Gasteiger partial charge in [-0.1, -0.05) is 11.8 Å². The molecule has 0 saturated heterocycles. The predicted molar refractivity (Wildman–Crippen MR) is 85.1 cm³/mol. The maximum Gasteiger partial charge on any atom is 0.293 e. The molecule has 2 rings (SSSR count). The molecule has 0 aliphatic heterocycles. The number of thioether (sulfide) groups is 1. The Hall–Kier alpha value is -2.35. The Morgan fingerprint density at radius 3 is 2.68 bits per heavy atom. The van der Waals surface area contributed by atoms with Crippen molar-refractivity contribution in [1.29, 1.82) is 0 Å². The van der Waals surface area contributed by atoms with E-state index in [0.717, 1.165) is 11.1 Å². The van der Waals surface area contributed by atoms with E-state index in [2.05, 4.69) is 10.3 Å². The monoisotopic (exact) mass is 320 g/mol. The van der Waals surface area contributed by atoms with Crippen molar-refractivity contribution in [3.05, 3.63) is 45.8 Å². The number of nitrogens with zero attached hydrogens (tertiary/aromatic N) is 3. The van der Waals surface area contributed by atoms with Gasteiger partial charge in [0.25, 0.3) is 5.69 Å². The maximum absolute atomic E-state index is 12.0. The molecule has 0 aliphatic rings. The third-order valence-electron chi connectivity index (χ3n) is 3.19. The summed E-state index contributed by atoms with van der Waals surface area (Å²) in [5.74, 6) is -0.172. The van der Waals surface area contributed by atoms with Crippen LogP contribution in [0.2, 0.25) is 0 Å². The lowest BCUT2D eigenvalue weighted by atomic mass is 10.1. The molecule has 22 heavy (non-hydrogen) atoms. The first-order valence-electron chi connectivity index (χ1n) is 6.54. The third kappa shape index (κ3) is 3.64. The summed E-state index contributed by atoms with van der Waals surface area (Å²) in [5, 5.41) is 14.4. The van der Waals surface area contributed by atoms with E-state index in [4.69, 9.17) is 0 Å². The van der Waals surface area contributed by atoms with Crippen LogP contribution in [0.25, 0.3) is 0 Å². The number of carbonyl (C=O) groups excluding carboxylic acids is 1. The summed E-state index contributed by atoms with van der Waals surface area (Å²) in [6.45, 7) is 3.64. The number of nitro groups is 1. The Bertz CT molecular complexity index is 727. The molecule has 0 fully saturated rings. The summed E-state index contributed by atoms with van der Waals surface area (Å²) >= 11 is 1.27. The number of anilines is 1. The fourth-order valence-corrected chi connectivity index (χ4v) is 2.59. The first kappa shape index (κ1) is 16.0. The summed E-state index contributed by atoms with van der Waals surface area (Å²) in [7, 11) is 1.83. The molecule has 2 aromatic rings. The van der Waals surface area contributed by atoms with Gasteiger partial charge in [-0.15, -0.1) is 0 Å². The summed E-state index contributed by atoms with van der Waals surface area (Å²) in [6.07, 6.45) is 3.43. The van der Waals surface area contributed by atoms with E-state index >= 15 is 0 Å². The van der Waals surface area contributed by atoms with Crippen molar-refractivity contribution < 1.29 is 9.72 Å². The maximum atomic E-state index is 12.0. The molecule has 7 nitrogen and oxygen atoms in total. The minimum Gasteiger partial charge on any atom is -0.329 e. The Morgan fingerprint density at radius 2 is 2.09 bits per heavy atom. The molecule has 1 aromatic carbocycles. The topological polar surface area (TPSA) is 90.1 Å². The minimum atomic E-state index is -0.492. The van der Waals surface area contributed by atoms with E-state index in [0.29, 0.717) is 5.16 Å². The number of nitro benzene ring substituents is 1. The van der Waals surface area contributed by atoms with E-state index in [1.54, 1.807) is 30.0 Å². The normalized spacial score (nSPS) is 10.5. The Labute approximate surface area is 131 Å². The number of aryl methyl sites for hydroxylation is 3. The van der Waals surface area contributed by atoms with Gasteiger partial charge >= 0.3 is 0 Å². The van der Waals surface area contributed by atoms with E-state index in [9.17, 15) is 14.9 Å². The molecule has 0 atom stereocenters. The van der Waals surface area contributed by atoms with Crippen LogP contribution in [0.5, 0.6) is 0 Å². The van der Waals surface area contributed by atoms with Crippen LogP contribution in [0, 0.1) is 24.0 Å². The first-order valence-corrected chi connectivity index (χ1v) is 7.52. The number of aromatic nitrogens is 2. The average molecular weight is 320 g/mol. The number of imidazole rings is 1. The Morgan fingerprint density at radius 1 is 1.41 bits per heavy atom. The largest absolute Gasteiger partial charge is 0.329 e. The van der Waals surface area contributed by atoms with Crippen molar-refractivity contribution in [2.75, 3.05) is 11.1 Å². The zero-order valence-electron chi connectivity index (χ0n) is 12.5. The van der Waals surface area contributed by atoms with Crippen molar-refractivity contribution in [2.45, 2.75) is 19.0 Å². The van der Waals surface area contributed by atoms with Gasteiger partial charge in [0.1, 0.15) is 5.69 Å². The first-order chi connectivity index (χ1) is 10.4. The smallest absolute Gasteiger partial charge is 0.293 e. The zero-order chi connectivity index (χ0) is 16.3. The van der Waals surface area contributed by atoms with Gasteiger partial charge < -0.3 is 9.88 Å². The summed E-state index contributed by atoms with van der Waals surface area (Å²) < 4.78 is 1.80. The number of benzene rings is 1. The lowest BCUT2D eigenvalue weighted by Gasteiger charge is -2.08. The van der Waals surface area contributed by atoms with Gasteiger partial charge in [-0.2, -0.15) is 0 Å². The highest BCUT2D eigenvalue weighted by Gasteiger charge is 2.17. The SMILES string of the molecule is Cc1cc(NC(=O)CSc2nccn2C)c([N+](=O)[O-])cc1C. The molecule has 0 saturated carbocycles. The van der Waals surface area contributed by atoms with Crippen LogP contribution in [0.15, 0.2) is 29.7 Å². The lowest BCUT2D eigenvalue weighted by molar-refractivity contribution is -0.384. The molecule has 1 amide bonds. The predicted octanol–water partition coefficient (Wildman–Crippen LogP) is 2.68. The molecular formula is C14H16N4O3S. The number of rotatable bonds is 5. The second-order valence-electron chi connectivity index (χ2n) is 4.87. The highest BCUT2D eigenvalue weighted by Crippen LogP contribution is 2.28. The van der Waals surface area contributed by atoms with Crippen molar-refractivity contribution in [3.63, 3.8) is 0 Å². The summed E-state index contributed by atoms with van der Waals surface area (Å²) in [5.41, 5.74) is 1.82. The molecule has 0 spiro atoms. The van der Waals surface area contributed by atoms with E-state index in [1.165, 1.54) is 17.8 Å². The van der Waals surface area contributed by atoms with Crippen LogP contribution in [-0.2, 0) is 11.8 Å². The van der Waals surface area contributed by atoms with Gasteiger partial charge in [-0.25, -0.2) is 4.98 Å². The van der Waals surface area contributed by atoms with Crippen molar-refractivity contribution in [3.8, 4) is 0 Å². The van der Waals surface area contributed by atoms with Crippen LogP contribution in [0.1, 0.15) is 11.1 Å². The third-order valence-corrected chi connectivity index (χ3v) is 4.25. The lowest BCUT2D eigenvalue weighted by Crippen LogP contribution is -2.15. The van der Waals surface area contributed by atoms with Crippen molar-refractivity contribution in [1.82, 2.24) is 9.55 Å². The van der Waals surface area contributed by atoms with E-state index in [-0.39, 0.29) is 23.0 Å². The van der Waals surface area contributed by atoms with Gasteiger partial charge in [0.15, 0.2) is 5.16 Å². The number of nitrogens with one attached hydrogen (secondary N) is 1. The van der Waals surface area contributed by atoms with E-state index in [1.807, 2.05) is 14.0 Å². The molecule has 0 bridgehead atoms. The average Bonchev–Trinajstić information content (AvgIpc) is 2.85. The second kappa shape index (κ2) is 6.61. The molecule has 1 heterocycles. The van der Waals surface area contributed by atoms with Crippen molar-refractivity contribution >= 4 is 29.0 Å². The molecule has 0 unspecified atom stereocenters. The molecule has 116 valence electrons. The molecule has 8 heteroatoms. The van der Waals surface area contributed by atoms with Gasteiger partial charge in [-0.05, 0) is 31.0 Å². The molecule has 0 radical (unpaired) electrons. The standard InChI is InChI=1S/C14H16N4O3S/c1-9-6-11(12(18(20)21)7-10(9)2)16-13(19)8-22-14-15-4-5-17(14)3/h4-7H,8H2,1-3H3,(H,16,19). The fourth-order valence-electron chi connectivity index (χ4n) is 1.86. The zero-order valence-corrected chi connectivity index (χ0v) is 13.3. The van der Waals surface area contributed by atoms with Crippen molar-refractivity contribution in [2.24, 2.45) is 7.05 Å². The number of carbonyl (C=O) groups is 1. The van der Waals surface area contributed by atoms with Gasteiger partial charge in [0, 0.05) is 25.5 Å². The fraction of sp³-hybridized carbons (Fsp3) is 0.286. The van der Waals surface area contributed by atoms with Gasteiger partial charge in [-0.3, -0.25) is 14.9 Å². The molecular weight excluding hydrogens is 304 g/mol. The second-order valence-corrected chi connectivity index (χ2v) is 5.81. The van der Waals surface area contributed by atoms with Crippen LogP contribution < -0.4 is 5.32 Å². The highest BCUT2D eigenvalue weighted by molar-refractivity contribution is 7.99. The quantitative estimate of drug-likeness (QED) is 0.519. The van der Waals surface area contributed by atoms with Crippen LogP contribution in [-0.4, -0.2) is 26.1 Å². The Kier molecular flexibility index (Phi) is 4.81. The van der Waals surface area contributed by atoms with E-state index < -0.39 is 4.92 Å². The molecule has 1 N–H and O–H groups in total. The van der Waals surface area contributed by atoms with Crippen LogP contribution in [0.4, 0.5) is 11.4 Å². The molecule has 0 aliphatic carbocycles. The van der Waals surface area contributed by atoms with Crippen LogP contribution in [0.3, 0.4) is 0 Å². The summed E-state index contributed by atoms with van der Waals surface area (Å²) in [4.78, 5) is 26.7. The number of hydrogen-bond acceptors (Lipinski definition) is 5. The Balaban J connectivity index is 2.09. The summed E-state index contributed by atoms with van der Waals surface area (Å²) in [6, 6.07) is 3.09. The van der Waals surface area contributed by atoms with Gasteiger partial charge in [0.05, 0.1) is 10.7 Å².